The minimum Gasteiger partial charge on any atom is -0.480 e. The maximum absolute atomic E-state index is 12.5. The van der Waals surface area contributed by atoms with E-state index in [4.69, 9.17) is 5.73 Å². The number of carbonyl (C=O) groups excluding carboxylic acids is 1. The molecule has 0 spiro atoms. The number of carboxylic acids is 1. The largest absolute Gasteiger partial charge is 0.480 e. The predicted octanol–water partition coefficient (Wildman–Crippen LogP) is -0.438. The molecule has 3 atom stereocenters. The fourth-order valence-electron chi connectivity index (χ4n) is 3.62. The van der Waals surface area contributed by atoms with Crippen molar-refractivity contribution in [1.29, 1.82) is 0 Å². The lowest BCUT2D eigenvalue weighted by atomic mass is 9.94. The molecule has 2 aliphatic rings. The van der Waals surface area contributed by atoms with E-state index in [9.17, 15) is 14.7 Å². The van der Waals surface area contributed by atoms with Crippen molar-refractivity contribution in [3.05, 3.63) is 11.9 Å². The van der Waals surface area contributed by atoms with Crippen molar-refractivity contribution in [1.82, 2.24) is 19.9 Å². The Morgan fingerprint density at radius 1 is 1.43 bits per heavy atom. The summed E-state index contributed by atoms with van der Waals surface area (Å²) in [4.78, 5) is 25.5. The lowest BCUT2D eigenvalue weighted by Crippen LogP contribution is -2.43. The van der Waals surface area contributed by atoms with Gasteiger partial charge in [-0.05, 0) is 24.7 Å². The van der Waals surface area contributed by atoms with Crippen molar-refractivity contribution >= 4 is 11.9 Å². The Labute approximate surface area is 121 Å². The van der Waals surface area contributed by atoms with Gasteiger partial charge in [-0.3, -0.25) is 9.48 Å². The first-order valence-electron chi connectivity index (χ1n) is 7.25. The van der Waals surface area contributed by atoms with Gasteiger partial charge in [0, 0.05) is 13.1 Å². The van der Waals surface area contributed by atoms with Crippen molar-refractivity contribution in [3.8, 4) is 0 Å². The molecule has 1 aliphatic carbocycles. The molecule has 114 valence electrons. The lowest BCUT2D eigenvalue weighted by molar-refractivity contribution is -0.142. The van der Waals surface area contributed by atoms with Crippen LogP contribution in [0.4, 0.5) is 0 Å². The number of hydrogen-bond acceptors (Lipinski definition) is 5. The zero-order valence-corrected chi connectivity index (χ0v) is 11.7. The first kappa shape index (κ1) is 14.0. The van der Waals surface area contributed by atoms with Gasteiger partial charge in [0.15, 0.2) is 5.69 Å². The fraction of sp³-hybridized carbons (Fsp3) is 0.692. The van der Waals surface area contributed by atoms with Gasteiger partial charge in [-0.1, -0.05) is 11.6 Å². The highest BCUT2D eigenvalue weighted by molar-refractivity contribution is 5.95. The van der Waals surface area contributed by atoms with E-state index < -0.39 is 12.0 Å². The number of nitrogens with zero attached hydrogens (tertiary/aromatic N) is 4. The van der Waals surface area contributed by atoms with Gasteiger partial charge < -0.3 is 15.7 Å². The number of amides is 1. The number of carboxylic acid groups (broad SMARTS) is 1. The molecule has 1 aromatic rings. The van der Waals surface area contributed by atoms with E-state index in [1.165, 1.54) is 15.8 Å². The van der Waals surface area contributed by atoms with E-state index in [2.05, 4.69) is 10.3 Å². The number of rotatable bonds is 4. The third-order valence-corrected chi connectivity index (χ3v) is 4.52. The molecule has 8 heteroatoms. The van der Waals surface area contributed by atoms with Crippen LogP contribution < -0.4 is 5.73 Å². The zero-order valence-electron chi connectivity index (χ0n) is 11.7. The molecule has 1 amide bonds. The summed E-state index contributed by atoms with van der Waals surface area (Å²) in [5.41, 5.74) is 5.62. The van der Waals surface area contributed by atoms with Crippen LogP contribution in [-0.4, -0.2) is 56.0 Å². The van der Waals surface area contributed by atoms with Gasteiger partial charge in [-0.15, -0.1) is 5.10 Å². The van der Waals surface area contributed by atoms with Gasteiger partial charge in [-0.2, -0.15) is 0 Å². The van der Waals surface area contributed by atoms with Crippen LogP contribution in [0.3, 0.4) is 0 Å². The van der Waals surface area contributed by atoms with Gasteiger partial charge in [0.25, 0.3) is 5.91 Å². The number of nitrogens with two attached hydrogens (primary N) is 1. The summed E-state index contributed by atoms with van der Waals surface area (Å²) in [6.45, 7) is 1.39. The SMILES string of the molecule is NCCn1cc(C(=O)N2CC3CCCC3C2C(=O)O)nn1. The van der Waals surface area contributed by atoms with Crippen LogP contribution in [-0.2, 0) is 11.3 Å². The molecular weight excluding hydrogens is 274 g/mol. The van der Waals surface area contributed by atoms with Crippen molar-refractivity contribution in [2.24, 2.45) is 17.6 Å². The second-order valence-corrected chi connectivity index (χ2v) is 5.75. The maximum atomic E-state index is 12.5. The van der Waals surface area contributed by atoms with Crippen molar-refractivity contribution in [2.45, 2.75) is 31.8 Å². The van der Waals surface area contributed by atoms with Gasteiger partial charge in [0.1, 0.15) is 6.04 Å². The summed E-state index contributed by atoms with van der Waals surface area (Å²) < 4.78 is 1.50. The van der Waals surface area contributed by atoms with Crippen molar-refractivity contribution in [2.75, 3.05) is 13.1 Å². The van der Waals surface area contributed by atoms with Crippen LogP contribution in [0.5, 0.6) is 0 Å². The van der Waals surface area contributed by atoms with Gasteiger partial charge in [0.2, 0.25) is 0 Å². The van der Waals surface area contributed by atoms with Crippen LogP contribution in [0.15, 0.2) is 6.20 Å². The molecule has 0 radical (unpaired) electrons. The molecule has 0 aromatic carbocycles. The van der Waals surface area contributed by atoms with Crippen LogP contribution in [0, 0.1) is 11.8 Å². The lowest BCUT2D eigenvalue weighted by Gasteiger charge is -2.23. The Kier molecular flexibility index (Phi) is 3.62. The van der Waals surface area contributed by atoms with E-state index in [0.717, 1.165) is 19.3 Å². The Morgan fingerprint density at radius 3 is 2.95 bits per heavy atom. The quantitative estimate of drug-likeness (QED) is 0.778. The Hall–Kier alpha value is -1.96. The first-order chi connectivity index (χ1) is 10.1. The molecule has 3 N–H and O–H groups in total. The van der Waals surface area contributed by atoms with Crippen molar-refractivity contribution in [3.63, 3.8) is 0 Å². The smallest absolute Gasteiger partial charge is 0.326 e. The number of fused-ring (bicyclic) bond motifs is 1. The number of hydrogen-bond donors (Lipinski definition) is 2. The number of aliphatic carboxylic acids is 1. The predicted molar refractivity (Wildman–Crippen MR) is 72.4 cm³/mol. The summed E-state index contributed by atoms with van der Waals surface area (Å²) in [6, 6.07) is -0.732. The molecule has 1 saturated heterocycles. The van der Waals surface area contributed by atoms with E-state index in [-0.39, 0.29) is 17.5 Å². The summed E-state index contributed by atoms with van der Waals surface area (Å²) >= 11 is 0. The minimum absolute atomic E-state index is 0.0746. The monoisotopic (exact) mass is 293 g/mol. The topological polar surface area (TPSA) is 114 Å². The summed E-state index contributed by atoms with van der Waals surface area (Å²) in [5, 5.41) is 17.1. The van der Waals surface area contributed by atoms with Crippen LogP contribution in [0.25, 0.3) is 0 Å². The molecule has 3 unspecified atom stereocenters. The summed E-state index contributed by atoms with van der Waals surface area (Å²) in [7, 11) is 0. The van der Waals surface area contributed by atoms with Crippen LogP contribution in [0.2, 0.25) is 0 Å². The number of likely N-dealkylation sites (tertiary alicyclic amines) is 1. The molecule has 21 heavy (non-hydrogen) atoms. The highest BCUT2D eigenvalue weighted by Crippen LogP contribution is 2.42. The van der Waals surface area contributed by atoms with E-state index in [0.29, 0.717) is 25.6 Å². The van der Waals surface area contributed by atoms with Crippen molar-refractivity contribution < 1.29 is 14.7 Å². The third-order valence-electron chi connectivity index (χ3n) is 4.52. The average Bonchev–Trinajstić information content (AvgIpc) is 3.11. The Balaban J connectivity index is 1.81. The van der Waals surface area contributed by atoms with E-state index in [1.807, 2.05) is 0 Å². The highest BCUT2D eigenvalue weighted by Gasteiger charge is 2.50. The average molecular weight is 293 g/mol. The molecule has 1 aromatic heterocycles. The Bertz CT molecular complexity index is 558. The maximum Gasteiger partial charge on any atom is 0.326 e. The minimum atomic E-state index is -0.924. The standard InChI is InChI=1S/C13H19N5O3/c14-4-5-17-7-10(15-16-17)12(19)18-6-8-2-1-3-9(8)11(18)13(20)21/h7-9,11H,1-6,14H2,(H,20,21). The van der Waals surface area contributed by atoms with E-state index >= 15 is 0 Å². The number of aromatic nitrogens is 3. The number of carbonyl (C=O) groups is 2. The molecule has 1 saturated carbocycles. The molecule has 0 bridgehead atoms. The third kappa shape index (κ3) is 2.39. The van der Waals surface area contributed by atoms with Crippen LogP contribution in [0.1, 0.15) is 29.8 Å². The van der Waals surface area contributed by atoms with Gasteiger partial charge >= 0.3 is 5.97 Å². The first-order valence-corrected chi connectivity index (χ1v) is 7.25. The normalized spacial score (nSPS) is 27.9. The molecular formula is C13H19N5O3. The summed E-state index contributed by atoms with van der Waals surface area (Å²) in [6.07, 6.45) is 4.46. The molecule has 3 rings (SSSR count). The summed E-state index contributed by atoms with van der Waals surface area (Å²) in [5.74, 6) is -0.896. The van der Waals surface area contributed by atoms with Crippen LogP contribution >= 0.6 is 0 Å². The molecule has 1 aliphatic heterocycles. The van der Waals surface area contributed by atoms with Gasteiger partial charge in [-0.25, -0.2) is 4.79 Å². The fourth-order valence-corrected chi connectivity index (χ4v) is 3.62. The molecule has 2 fully saturated rings. The Morgan fingerprint density at radius 2 is 2.24 bits per heavy atom. The van der Waals surface area contributed by atoms with Gasteiger partial charge in [0.05, 0.1) is 12.7 Å². The van der Waals surface area contributed by atoms with E-state index in [1.54, 1.807) is 0 Å². The second kappa shape index (κ2) is 5.44. The molecule has 2 heterocycles. The molecule has 8 nitrogen and oxygen atoms in total. The zero-order chi connectivity index (χ0) is 15.0. The second-order valence-electron chi connectivity index (χ2n) is 5.75. The highest BCUT2D eigenvalue weighted by atomic mass is 16.4.